The van der Waals surface area contributed by atoms with Crippen LogP contribution in [0.1, 0.15) is 23.1 Å². The summed E-state index contributed by atoms with van der Waals surface area (Å²) < 4.78 is 10.4. The summed E-state index contributed by atoms with van der Waals surface area (Å²) in [4.78, 5) is 11.1. The summed E-state index contributed by atoms with van der Waals surface area (Å²) in [6, 6.07) is 16.1. The molecule has 0 radical (unpaired) electrons. The Morgan fingerprint density at radius 3 is 2.14 bits per heavy atom. The zero-order chi connectivity index (χ0) is 15.8. The summed E-state index contributed by atoms with van der Waals surface area (Å²) in [6.45, 7) is 0.546. The molecule has 2 aromatic rings. The second-order valence-electron chi connectivity index (χ2n) is 4.96. The first kappa shape index (κ1) is 16.6. The van der Waals surface area contributed by atoms with Crippen molar-refractivity contribution in [3.8, 4) is 5.75 Å². The van der Waals surface area contributed by atoms with Gasteiger partial charge in [0.2, 0.25) is 0 Å². The number of methoxy groups -OCH3 is 1. The lowest BCUT2D eigenvalue weighted by Gasteiger charge is -2.08. The van der Waals surface area contributed by atoms with Gasteiger partial charge in [0.25, 0.3) is 0 Å². The summed E-state index contributed by atoms with van der Waals surface area (Å²) in [5.74, 6) is 0.638. The average molecular weight is 363 g/mol. The van der Waals surface area contributed by atoms with Crippen molar-refractivity contribution in [2.75, 3.05) is 7.11 Å². The molecule has 0 aliphatic rings. The molecule has 0 spiro atoms. The minimum atomic E-state index is -0.188. The highest BCUT2D eigenvalue weighted by Gasteiger charge is 2.02. The maximum Gasteiger partial charge on any atom is 0.305 e. The topological polar surface area (TPSA) is 35.5 Å². The van der Waals surface area contributed by atoms with Crippen LogP contribution in [0.15, 0.2) is 48.5 Å². The molecule has 0 bridgehead atoms. The van der Waals surface area contributed by atoms with Gasteiger partial charge in [0.15, 0.2) is 0 Å². The van der Waals surface area contributed by atoms with Crippen molar-refractivity contribution in [2.45, 2.75) is 24.8 Å². The van der Waals surface area contributed by atoms with E-state index in [1.807, 2.05) is 24.3 Å². The van der Waals surface area contributed by atoms with Gasteiger partial charge in [-0.3, -0.25) is 4.79 Å². The quantitative estimate of drug-likeness (QED) is 0.545. The van der Waals surface area contributed by atoms with Crippen molar-refractivity contribution in [1.29, 1.82) is 0 Å². The number of esters is 1. The number of carbonyl (C=O) groups excluding carboxylic acids is 1. The lowest BCUT2D eigenvalue weighted by molar-refractivity contribution is -0.140. The van der Waals surface area contributed by atoms with Gasteiger partial charge in [-0.05, 0) is 35.2 Å². The van der Waals surface area contributed by atoms with Crippen molar-refractivity contribution < 1.29 is 14.3 Å². The van der Waals surface area contributed by atoms with E-state index < -0.39 is 0 Å². The van der Waals surface area contributed by atoms with Crippen molar-refractivity contribution in [3.05, 3.63) is 65.2 Å². The van der Waals surface area contributed by atoms with E-state index in [0.717, 1.165) is 22.2 Å². The third kappa shape index (κ3) is 5.19. The van der Waals surface area contributed by atoms with Gasteiger partial charge in [0.05, 0.1) is 7.11 Å². The molecule has 0 unspecified atom stereocenters. The highest BCUT2D eigenvalue weighted by Crippen LogP contribution is 2.16. The summed E-state index contributed by atoms with van der Waals surface area (Å²) >= 11 is 3.43. The van der Waals surface area contributed by atoms with Crippen molar-refractivity contribution in [1.82, 2.24) is 0 Å². The van der Waals surface area contributed by atoms with Crippen LogP contribution in [0, 0.1) is 0 Å². The summed E-state index contributed by atoms with van der Waals surface area (Å²) in [5.41, 5.74) is 3.48. The SMILES string of the molecule is COC(=O)CCc1ccc(OCc2ccc(CBr)cc2)cc1. The molecule has 2 aromatic carbocycles. The maximum atomic E-state index is 11.1. The second kappa shape index (κ2) is 8.59. The first-order valence-corrected chi connectivity index (χ1v) is 8.25. The Hall–Kier alpha value is -1.81. The molecule has 0 saturated heterocycles. The van der Waals surface area contributed by atoms with Crippen LogP contribution in [0.2, 0.25) is 0 Å². The molecule has 4 heteroatoms. The minimum absolute atomic E-state index is 0.188. The number of hydrogen-bond donors (Lipinski definition) is 0. The Labute approximate surface area is 139 Å². The Morgan fingerprint density at radius 2 is 1.55 bits per heavy atom. The van der Waals surface area contributed by atoms with Crippen LogP contribution >= 0.6 is 15.9 Å². The van der Waals surface area contributed by atoms with Crippen LogP contribution in [-0.4, -0.2) is 13.1 Å². The molecule has 0 heterocycles. The lowest BCUT2D eigenvalue weighted by Crippen LogP contribution is -2.02. The van der Waals surface area contributed by atoms with Gasteiger partial charge >= 0.3 is 5.97 Å². The highest BCUT2D eigenvalue weighted by atomic mass is 79.9. The van der Waals surface area contributed by atoms with Crippen LogP contribution in [0.4, 0.5) is 0 Å². The Balaban J connectivity index is 1.84. The van der Waals surface area contributed by atoms with Gasteiger partial charge in [-0.25, -0.2) is 0 Å². The zero-order valence-corrected chi connectivity index (χ0v) is 14.1. The van der Waals surface area contributed by atoms with Gasteiger partial charge in [-0.15, -0.1) is 0 Å². The molecule has 3 nitrogen and oxygen atoms in total. The predicted molar refractivity (Wildman–Crippen MR) is 90.2 cm³/mol. The zero-order valence-electron chi connectivity index (χ0n) is 12.5. The van der Waals surface area contributed by atoms with E-state index in [2.05, 4.69) is 44.9 Å². The number of halogens is 1. The van der Waals surface area contributed by atoms with Gasteiger partial charge in [0, 0.05) is 11.8 Å². The minimum Gasteiger partial charge on any atom is -0.489 e. The van der Waals surface area contributed by atoms with Crippen molar-refractivity contribution in [3.63, 3.8) is 0 Å². The van der Waals surface area contributed by atoms with E-state index >= 15 is 0 Å². The number of aryl methyl sites for hydroxylation is 1. The van der Waals surface area contributed by atoms with Crippen LogP contribution in [0.5, 0.6) is 5.75 Å². The highest BCUT2D eigenvalue weighted by molar-refractivity contribution is 9.08. The first-order valence-electron chi connectivity index (χ1n) is 7.13. The second-order valence-corrected chi connectivity index (χ2v) is 5.52. The number of ether oxygens (including phenoxy) is 2. The standard InChI is InChI=1S/C18H19BrO3/c1-21-18(20)11-8-14-6-9-17(10-7-14)22-13-16-4-2-15(12-19)3-5-16/h2-7,9-10H,8,11-13H2,1H3. The fraction of sp³-hybridized carbons (Fsp3) is 0.278. The Morgan fingerprint density at radius 1 is 0.955 bits per heavy atom. The summed E-state index contributed by atoms with van der Waals surface area (Å²) in [6.07, 6.45) is 1.08. The van der Waals surface area contributed by atoms with Crippen LogP contribution < -0.4 is 4.74 Å². The third-order valence-electron chi connectivity index (χ3n) is 3.35. The van der Waals surface area contributed by atoms with E-state index in [-0.39, 0.29) is 5.97 Å². The normalized spacial score (nSPS) is 10.3. The first-order chi connectivity index (χ1) is 10.7. The van der Waals surface area contributed by atoms with Crippen LogP contribution in [0.25, 0.3) is 0 Å². The number of rotatable bonds is 7. The fourth-order valence-electron chi connectivity index (χ4n) is 1.99. The molecule has 0 fully saturated rings. The summed E-state index contributed by atoms with van der Waals surface area (Å²) in [5, 5.41) is 0.862. The number of hydrogen-bond acceptors (Lipinski definition) is 3. The third-order valence-corrected chi connectivity index (χ3v) is 4.00. The molecule has 0 aliphatic heterocycles. The molecule has 116 valence electrons. The monoisotopic (exact) mass is 362 g/mol. The van der Waals surface area contributed by atoms with Crippen molar-refractivity contribution in [2.24, 2.45) is 0 Å². The molecule has 0 N–H and O–H groups in total. The molecule has 0 saturated carbocycles. The van der Waals surface area contributed by atoms with E-state index in [1.165, 1.54) is 12.7 Å². The molecule has 0 amide bonds. The van der Waals surface area contributed by atoms with E-state index in [1.54, 1.807) is 0 Å². The van der Waals surface area contributed by atoms with Gasteiger partial charge < -0.3 is 9.47 Å². The van der Waals surface area contributed by atoms with E-state index in [9.17, 15) is 4.79 Å². The lowest BCUT2D eigenvalue weighted by atomic mass is 10.1. The molecule has 0 aliphatic carbocycles. The molecule has 22 heavy (non-hydrogen) atoms. The molecular formula is C18H19BrO3. The van der Waals surface area contributed by atoms with Gasteiger partial charge in [-0.1, -0.05) is 52.3 Å². The molecule has 0 atom stereocenters. The number of carbonyl (C=O) groups is 1. The van der Waals surface area contributed by atoms with Crippen LogP contribution in [-0.2, 0) is 27.9 Å². The fourth-order valence-corrected chi connectivity index (χ4v) is 2.37. The smallest absolute Gasteiger partial charge is 0.305 e. The average Bonchev–Trinajstić information content (AvgIpc) is 2.59. The van der Waals surface area contributed by atoms with E-state index in [0.29, 0.717) is 19.4 Å². The van der Waals surface area contributed by atoms with Crippen molar-refractivity contribution >= 4 is 21.9 Å². The van der Waals surface area contributed by atoms with Gasteiger partial charge in [0.1, 0.15) is 12.4 Å². The summed E-state index contributed by atoms with van der Waals surface area (Å²) in [7, 11) is 1.41. The molecule has 0 aromatic heterocycles. The molecule has 2 rings (SSSR count). The Bertz CT molecular complexity index is 591. The van der Waals surface area contributed by atoms with Crippen LogP contribution in [0.3, 0.4) is 0 Å². The molecular weight excluding hydrogens is 344 g/mol. The van der Waals surface area contributed by atoms with E-state index in [4.69, 9.17) is 4.74 Å². The van der Waals surface area contributed by atoms with Gasteiger partial charge in [-0.2, -0.15) is 0 Å². The maximum absolute atomic E-state index is 11.1. The number of alkyl halides is 1. The largest absolute Gasteiger partial charge is 0.489 e. The Kier molecular flexibility index (Phi) is 6.46. The number of benzene rings is 2. The predicted octanol–water partition coefficient (Wildman–Crippen LogP) is 4.27.